The molecule has 1 atom stereocenters. The minimum atomic E-state index is -0.174. The number of hydrogen-bond acceptors (Lipinski definition) is 4. The Kier molecular flexibility index (Phi) is 5.01. The van der Waals surface area contributed by atoms with Gasteiger partial charge in [-0.05, 0) is 25.1 Å². The molecule has 0 aliphatic carbocycles. The maximum atomic E-state index is 11.8. The first-order chi connectivity index (χ1) is 9.47. The smallest absolute Gasteiger partial charge is 0.241 e. The van der Waals surface area contributed by atoms with Crippen LogP contribution >= 0.6 is 35.6 Å². The SMILES string of the molecule is CC1SC(=S)N(CCC(=O)Nc2cccc(Cl)c2)C1=O. The van der Waals surface area contributed by atoms with Gasteiger partial charge < -0.3 is 5.32 Å². The zero-order valence-corrected chi connectivity index (χ0v) is 13.1. The Morgan fingerprint density at radius 1 is 1.55 bits per heavy atom. The summed E-state index contributed by atoms with van der Waals surface area (Å²) in [4.78, 5) is 25.1. The zero-order valence-electron chi connectivity index (χ0n) is 10.8. The lowest BCUT2D eigenvalue weighted by Crippen LogP contribution is -2.33. The lowest BCUT2D eigenvalue weighted by molar-refractivity contribution is -0.126. The Hall–Kier alpha value is -1.11. The van der Waals surface area contributed by atoms with E-state index in [4.69, 9.17) is 23.8 Å². The molecule has 1 aliphatic heterocycles. The summed E-state index contributed by atoms with van der Waals surface area (Å²) in [5, 5.41) is 3.14. The molecule has 0 saturated carbocycles. The molecular formula is C13H13ClN2O2S2. The highest BCUT2D eigenvalue weighted by molar-refractivity contribution is 8.24. The summed E-state index contributed by atoms with van der Waals surface area (Å²) in [6.07, 6.45) is 0.200. The van der Waals surface area contributed by atoms with Crippen molar-refractivity contribution in [1.29, 1.82) is 0 Å². The first-order valence-corrected chi connectivity index (χ1v) is 7.71. The van der Waals surface area contributed by atoms with Crippen LogP contribution < -0.4 is 5.32 Å². The second kappa shape index (κ2) is 6.56. The Morgan fingerprint density at radius 2 is 2.30 bits per heavy atom. The van der Waals surface area contributed by atoms with E-state index < -0.39 is 0 Å². The number of amides is 2. The van der Waals surface area contributed by atoms with Gasteiger partial charge in [0.15, 0.2) is 0 Å². The van der Waals surface area contributed by atoms with Gasteiger partial charge in [-0.3, -0.25) is 14.5 Å². The van der Waals surface area contributed by atoms with E-state index in [9.17, 15) is 9.59 Å². The number of nitrogens with one attached hydrogen (secondary N) is 1. The molecule has 0 radical (unpaired) electrons. The van der Waals surface area contributed by atoms with Crippen molar-refractivity contribution in [3.05, 3.63) is 29.3 Å². The fraction of sp³-hybridized carbons (Fsp3) is 0.308. The molecule has 0 aromatic heterocycles. The van der Waals surface area contributed by atoms with E-state index in [1.807, 2.05) is 6.92 Å². The Bertz CT molecular complexity index is 565. The molecular weight excluding hydrogens is 316 g/mol. The zero-order chi connectivity index (χ0) is 14.7. The van der Waals surface area contributed by atoms with Crippen LogP contribution in [-0.4, -0.2) is 32.8 Å². The standard InChI is InChI=1S/C13H13ClN2O2S2/c1-8-12(18)16(13(19)20-8)6-5-11(17)15-10-4-2-3-9(14)7-10/h2-4,7-8H,5-6H2,1H3,(H,15,17). The second-order valence-corrected chi connectivity index (χ2v) is 6.74. The van der Waals surface area contributed by atoms with Crippen molar-refractivity contribution in [2.45, 2.75) is 18.6 Å². The van der Waals surface area contributed by atoms with E-state index in [0.29, 0.717) is 21.6 Å². The van der Waals surface area contributed by atoms with Crippen LogP contribution in [0.2, 0.25) is 5.02 Å². The number of anilines is 1. The van der Waals surface area contributed by atoms with E-state index >= 15 is 0 Å². The summed E-state index contributed by atoms with van der Waals surface area (Å²) in [5.74, 6) is -0.206. The predicted molar refractivity (Wildman–Crippen MR) is 86.1 cm³/mol. The largest absolute Gasteiger partial charge is 0.326 e. The lowest BCUT2D eigenvalue weighted by Gasteiger charge is -2.14. The third-order valence-corrected chi connectivity index (χ3v) is 4.50. The van der Waals surface area contributed by atoms with Crippen LogP contribution in [0.15, 0.2) is 24.3 Å². The van der Waals surface area contributed by atoms with E-state index in [-0.39, 0.29) is 23.5 Å². The van der Waals surface area contributed by atoms with Gasteiger partial charge in [-0.2, -0.15) is 0 Å². The highest BCUT2D eigenvalue weighted by Crippen LogP contribution is 2.26. The summed E-state index contributed by atoms with van der Waals surface area (Å²) >= 11 is 12.3. The molecule has 1 fully saturated rings. The molecule has 1 unspecified atom stereocenters. The number of carbonyl (C=O) groups excluding carboxylic acids is 2. The van der Waals surface area contributed by atoms with Crippen LogP contribution in [0.3, 0.4) is 0 Å². The van der Waals surface area contributed by atoms with Crippen LogP contribution in [0.1, 0.15) is 13.3 Å². The molecule has 106 valence electrons. The Labute approximate surface area is 131 Å². The average Bonchev–Trinajstić information content (AvgIpc) is 2.61. The molecule has 1 aromatic carbocycles. The fourth-order valence-electron chi connectivity index (χ4n) is 1.78. The molecule has 2 amide bonds. The van der Waals surface area contributed by atoms with E-state index in [0.717, 1.165) is 0 Å². The van der Waals surface area contributed by atoms with Crippen molar-refractivity contribution in [2.75, 3.05) is 11.9 Å². The number of halogens is 1. The normalized spacial score (nSPS) is 18.5. The number of carbonyl (C=O) groups is 2. The molecule has 1 heterocycles. The number of hydrogen-bond donors (Lipinski definition) is 1. The van der Waals surface area contributed by atoms with Gasteiger partial charge in [0, 0.05) is 23.7 Å². The maximum absolute atomic E-state index is 11.8. The molecule has 0 spiro atoms. The fourth-order valence-corrected chi connectivity index (χ4v) is 3.42. The van der Waals surface area contributed by atoms with Gasteiger partial charge in [-0.15, -0.1) is 0 Å². The van der Waals surface area contributed by atoms with Crippen LogP contribution in [-0.2, 0) is 9.59 Å². The first kappa shape index (κ1) is 15.3. The molecule has 1 saturated heterocycles. The number of thiocarbonyl (C=S) groups is 1. The van der Waals surface area contributed by atoms with Crippen molar-refractivity contribution in [3.8, 4) is 0 Å². The van der Waals surface area contributed by atoms with E-state index in [1.165, 1.54) is 16.7 Å². The highest BCUT2D eigenvalue weighted by Gasteiger charge is 2.33. The van der Waals surface area contributed by atoms with E-state index in [1.54, 1.807) is 24.3 Å². The number of nitrogens with zero attached hydrogens (tertiary/aromatic N) is 1. The maximum Gasteiger partial charge on any atom is 0.241 e. The third-order valence-electron chi connectivity index (χ3n) is 2.78. The third kappa shape index (κ3) is 3.71. The lowest BCUT2D eigenvalue weighted by atomic mass is 10.3. The van der Waals surface area contributed by atoms with Crippen LogP contribution in [0, 0.1) is 0 Å². The van der Waals surface area contributed by atoms with Crippen molar-refractivity contribution < 1.29 is 9.59 Å². The van der Waals surface area contributed by atoms with Gasteiger partial charge in [0.25, 0.3) is 0 Å². The molecule has 2 rings (SSSR count). The first-order valence-electron chi connectivity index (χ1n) is 6.05. The Balaban J connectivity index is 1.87. The van der Waals surface area contributed by atoms with Gasteiger partial charge in [-0.25, -0.2) is 0 Å². The van der Waals surface area contributed by atoms with Gasteiger partial charge >= 0.3 is 0 Å². The van der Waals surface area contributed by atoms with Crippen LogP contribution in [0.25, 0.3) is 0 Å². The monoisotopic (exact) mass is 328 g/mol. The van der Waals surface area contributed by atoms with Crippen LogP contribution in [0.5, 0.6) is 0 Å². The van der Waals surface area contributed by atoms with Crippen molar-refractivity contribution in [1.82, 2.24) is 4.90 Å². The number of rotatable bonds is 4. The molecule has 1 N–H and O–H groups in total. The molecule has 1 aliphatic rings. The Morgan fingerprint density at radius 3 is 2.90 bits per heavy atom. The van der Waals surface area contributed by atoms with Gasteiger partial charge in [0.2, 0.25) is 11.8 Å². The average molecular weight is 329 g/mol. The minimum Gasteiger partial charge on any atom is -0.326 e. The van der Waals surface area contributed by atoms with Crippen molar-refractivity contribution in [3.63, 3.8) is 0 Å². The minimum absolute atomic E-state index is 0.0319. The summed E-state index contributed by atoms with van der Waals surface area (Å²) in [6.45, 7) is 2.12. The van der Waals surface area contributed by atoms with Gasteiger partial charge in [-0.1, -0.05) is 41.6 Å². The molecule has 7 heteroatoms. The molecule has 1 aromatic rings. The van der Waals surface area contributed by atoms with Crippen molar-refractivity contribution >= 4 is 57.4 Å². The predicted octanol–water partition coefficient (Wildman–Crippen LogP) is 2.92. The van der Waals surface area contributed by atoms with Crippen molar-refractivity contribution in [2.24, 2.45) is 0 Å². The molecule has 4 nitrogen and oxygen atoms in total. The summed E-state index contributed by atoms with van der Waals surface area (Å²) in [6, 6.07) is 6.92. The topological polar surface area (TPSA) is 49.4 Å². The van der Waals surface area contributed by atoms with E-state index in [2.05, 4.69) is 5.32 Å². The quantitative estimate of drug-likeness (QED) is 0.863. The van der Waals surface area contributed by atoms with Gasteiger partial charge in [0.1, 0.15) is 4.32 Å². The molecule has 0 bridgehead atoms. The number of thioether (sulfide) groups is 1. The highest BCUT2D eigenvalue weighted by atomic mass is 35.5. The number of benzene rings is 1. The summed E-state index contributed by atoms with van der Waals surface area (Å²) < 4.78 is 0.540. The van der Waals surface area contributed by atoms with Crippen LogP contribution in [0.4, 0.5) is 5.69 Å². The summed E-state index contributed by atoms with van der Waals surface area (Å²) in [7, 11) is 0. The molecule has 20 heavy (non-hydrogen) atoms. The van der Waals surface area contributed by atoms with Gasteiger partial charge in [0.05, 0.1) is 5.25 Å². The summed E-state index contributed by atoms with van der Waals surface area (Å²) in [5.41, 5.74) is 0.639. The second-order valence-electron chi connectivity index (χ2n) is 4.32.